The third-order valence-corrected chi connectivity index (χ3v) is 7.70. The lowest BCUT2D eigenvalue weighted by Gasteiger charge is -2.56. The quantitative estimate of drug-likeness (QED) is 0.617. The van der Waals surface area contributed by atoms with Gasteiger partial charge in [0.25, 0.3) is 0 Å². The second-order valence-electron chi connectivity index (χ2n) is 8.39. The lowest BCUT2D eigenvalue weighted by molar-refractivity contribution is -0.925. The molecule has 3 nitrogen and oxygen atoms in total. The maximum Gasteiger partial charge on any atom is 0.102 e. The summed E-state index contributed by atoms with van der Waals surface area (Å²) in [6.45, 7) is 4.93. The Morgan fingerprint density at radius 2 is 2.22 bits per heavy atom. The number of aliphatic hydroxyl groups excluding tert-OH is 1. The Morgan fingerprint density at radius 3 is 3.00 bits per heavy atom. The summed E-state index contributed by atoms with van der Waals surface area (Å²) in [7, 11) is 2.47. The highest BCUT2D eigenvalue weighted by atomic mass is 16.3. The van der Waals surface area contributed by atoms with Crippen LogP contribution in [0.4, 0.5) is 5.69 Å². The van der Waals surface area contributed by atoms with Gasteiger partial charge in [-0.25, -0.2) is 0 Å². The molecule has 1 aromatic carbocycles. The highest BCUT2D eigenvalue weighted by Gasteiger charge is 2.70. The molecule has 0 aromatic heterocycles. The molecule has 3 fully saturated rings. The number of fused-ring (bicyclic) bond motifs is 2. The molecular weight excluding hydrogens is 284 g/mol. The molecule has 1 aliphatic carbocycles. The van der Waals surface area contributed by atoms with Gasteiger partial charge in [-0.15, -0.1) is 0 Å². The van der Waals surface area contributed by atoms with Gasteiger partial charge >= 0.3 is 0 Å². The third kappa shape index (κ3) is 1.49. The molecule has 1 aromatic rings. The van der Waals surface area contributed by atoms with Gasteiger partial charge in [0.1, 0.15) is 12.6 Å². The zero-order valence-electron chi connectivity index (χ0n) is 14.1. The summed E-state index contributed by atoms with van der Waals surface area (Å²) in [4.78, 5) is 0. The highest BCUT2D eigenvalue weighted by molar-refractivity contribution is 5.64. The Morgan fingerprint density at radius 1 is 1.39 bits per heavy atom. The second-order valence-corrected chi connectivity index (χ2v) is 8.39. The van der Waals surface area contributed by atoms with E-state index in [1.165, 1.54) is 41.7 Å². The first-order valence-electron chi connectivity index (χ1n) is 9.10. The van der Waals surface area contributed by atoms with Crippen LogP contribution in [0.15, 0.2) is 35.9 Å². The maximum atomic E-state index is 10.3. The van der Waals surface area contributed by atoms with E-state index in [9.17, 15) is 5.11 Å². The first-order valence-corrected chi connectivity index (χ1v) is 9.10. The minimum Gasteiger partial charge on any atom is -0.396 e. The Balaban J connectivity index is 1.74. The summed E-state index contributed by atoms with van der Waals surface area (Å²) in [5, 5.41) is 14.1. The molecule has 0 amide bonds. The average molecular weight is 311 g/mol. The van der Waals surface area contributed by atoms with Crippen LogP contribution in [0.25, 0.3) is 0 Å². The van der Waals surface area contributed by atoms with E-state index < -0.39 is 0 Å². The average Bonchev–Trinajstić information content (AvgIpc) is 3.08. The number of likely N-dealkylation sites (N-methyl/N-ethyl adjacent to an activating group) is 1. The van der Waals surface area contributed by atoms with E-state index in [1.807, 2.05) is 0 Å². The van der Waals surface area contributed by atoms with E-state index in [0.29, 0.717) is 30.5 Å². The van der Waals surface area contributed by atoms with E-state index >= 15 is 0 Å². The largest absolute Gasteiger partial charge is 0.396 e. The summed E-state index contributed by atoms with van der Waals surface area (Å²) in [6.07, 6.45) is 4.83. The number of rotatable bonds is 1. The van der Waals surface area contributed by atoms with Gasteiger partial charge in [-0.3, -0.25) is 0 Å². The molecule has 122 valence electrons. The van der Waals surface area contributed by atoms with Gasteiger partial charge in [-0.05, 0) is 30.0 Å². The van der Waals surface area contributed by atoms with Crippen molar-refractivity contribution in [2.24, 2.45) is 11.8 Å². The Kier molecular flexibility index (Phi) is 2.69. The van der Waals surface area contributed by atoms with Crippen LogP contribution < -0.4 is 5.32 Å². The van der Waals surface area contributed by atoms with E-state index in [2.05, 4.69) is 49.6 Å². The number of nitrogens with one attached hydrogen (secondary N) is 1. The van der Waals surface area contributed by atoms with Crippen molar-refractivity contribution in [1.82, 2.24) is 0 Å². The van der Waals surface area contributed by atoms with Crippen molar-refractivity contribution in [1.29, 1.82) is 0 Å². The molecule has 1 spiro atoms. The number of aliphatic hydroxyl groups is 1. The monoisotopic (exact) mass is 311 g/mol. The molecule has 5 rings (SSSR count). The fourth-order valence-electron chi connectivity index (χ4n) is 6.76. The van der Waals surface area contributed by atoms with Crippen LogP contribution >= 0.6 is 0 Å². The fraction of sp³-hybridized carbons (Fsp3) is 0.600. The van der Waals surface area contributed by atoms with Gasteiger partial charge in [-0.1, -0.05) is 24.3 Å². The topological polar surface area (TPSA) is 32.3 Å². The van der Waals surface area contributed by atoms with Gasteiger partial charge in [0.15, 0.2) is 0 Å². The second kappa shape index (κ2) is 4.40. The SMILES string of the molecule is C/C=C1\C[N@@+]2(C)CC[C@]34c5ccccc5N[C@H]3[C@@H](CO)[C@H]1C[C@H]42. The first-order chi connectivity index (χ1) is 11.1. The predicted octanol–water partition coefficient (Wildman–Crippen LogP) is 2.53. The first kappa shape index (κ1) is 14.1. The Bertz CT molecular complexity index is 699. The van der Waals surface area contributed by atoms with E-state index in [1.54, 1.807) is 5.57 Å². The summed E-state index contributed by atoms with van der Waals surface area (Å²) in [5.41, 5.74) is 4.65. The lowest BCUT2D eigenvalue weighted by Crippen LogP contribution is -2.67. The van der Waals surface area contributed by atoms with E-state index in [4.69, 9.17) is 0 Å². The molecule has 2 saturated heterocycles. The fourth-order valence-corrected chi connectivity index (χ4v) is 6.76. The summed E-state index contributed by atoms with van der Waals surface area (Å²) >= 11 is 0. The molecule has 3 heteroatoms. The van der Waals surface area contributed by atoms with Crippen LogP contribution in [0.5, 0.6) is 0 Å². The smallest absolute Gasteiger partial charge is 0.102 e. The van der Waals surface area contributed by atoms with Crippen molar-refractivity contribution < 1.29 is 9.59 Å². The lowest BCUT2D eigenvalue weighted by atomic mass is 9.55. The zero-order chi connectivity index (χ0) is 15.8. The van der Waals surface area contributed by atoms with E-state index in [-0.39, 0.29) is 5.41 Å². The van der Waals surface area contributed by atoms with Gasteiger partial charge in [0.2, 0.25) is 0 Å². The maximum absolute atomic E-state index is 10.3. The number of hydrogen-bond donors (Lipinski definition) is 2. The van der Waals surface area contributed by atoms with Crippen LogP contribution in [0.3, 0.4) is 0 Å². The molecule has 3 heterocycles. The number of piperidine rings is 1. The molecule has 0 radical (unpaired) electrons. The predicted molar refractivity (Wildman–Crippen MR) is 92.3 cm³/mol. The molecule has 4 aliphatic rings. The number of quaternary nitrogens is 1. The third-order valence-electron chi connectivity index (χ3n) is 7.70. The van der Waals surface area contributed by atoms with Crippen molar-refractivity contribution in [3.8, 4) is 0 Å². The van der Waals surface area contributed by atoms with Crippen molar-refractivity contribution in [3.63, 3.8) is 0 Å². The minimum absolute atomic E-state index is 0.231. The van der Waals surface area contributed by atoms with Crippen molar-refractivity contribution in [2.45, 2.75) is 37.3 Å². The molecular formula is C20H27N2O+. The number of benzene rings is 1. The number of hydrogen-bond acceptors (Lipinski definition) is 2. The summed E-state index contributed by atoms with van der Waals surface area (Å²) in [5.74, 6) is 0.899. The van der Waals surface area contributed by atoms with Crippen LogP contribution in [0, 0.1) is 11.8 Å². The van der Waals surface area contributed by atoms with Gasteiger partial charge in [0, 0.05) is 37.1 Å². The molecule has 2 N–H and O–H groups in total. The van der Waals surface area contributed by atoms with Gasteiger partial charge in [-0.2, -0.15) is 0 Å². The van der Waals surface area contributed by atoms with Crippen molar-refractivity contribution in [2.75, 3.05) is 32.1 Å². The standard InChI is InChI=1S/C20H27N2O/c1-3-13-11-22(2)9-8-20-16-6-4-5-7-17(16)21-19(20)15(12-23)14(13)10-18(20)22/h3-7,14-15,18-19,21,23H,8-12H2,1-2H3/q+1/b13-3+/t14-,15-,18+,19-,20+,22+/m0/s1. The Hall–Kier alpha value is -1.32. The number of anilines is 1. The summed E-state index contributed by atoms with van der Waals surface area (Å²) in [6, 6.07) is 10.0. The minimum atomic E-state index is 0.231. The van der Waals surface area contributed by atoms with E-state index in [0.717, 1.165) is 0 Å². The molecule has 23 heavy (non-hydrogen) atoms. The van der Waals surface area contributed by atoms with Crippen LogP contribution in [0.1, 0.15) is 25.3 Å². The normalized spacial score (nSPS) is 48.0. The molecule has 1 saturated carbocycles. The van der Waals surface area contributed by atoms with Crippen molar-refractivity contribution >= 4 is 5.69 Å². The van der Waals surface area contributed by atoms with Gasteiger partial charge < -0.3 is 14.9 Å². The van der Waals surface area contributed by atoms with Crippen LogP contribution in [-0.4, -0.2) is 48.4 Å². The summed E-state index contributed by atoms with van der Waals surface area (Å²) < 4.78 is 1.20. The van der Waals surface area contributed by atoms with Crippen LogP contribution in [-0.2, 0) is 5.41 Å². The number of allylic oxidation sites excluding steroid dienone is 1. The Labute approximate surface area is 138 Å². The van der Waals surface area contributed by atoms with Crippen molar-refractivity contribution in [3.05, 3.63) is 41.5 Å². The highest BCUT2D eigenvalue weighted by Crippen LogP contribution is 2.62. The molecule has 6 atom stereocenters. The zero-order valence-corrected chi connectivity index (χ0v) is 14.1. The number of para-hydroxylation sites is 1. The van der Waals surface area contributed by atoms with Crippen LogP contribution in [0.2, 0.25) is 0 Å². The molecule has 0 unspecified atom stereocenters. The molecule has 3 aliphatic heterocycles. The molecule has 2 bridgehead atoms. The number of nitrogens with zero attached hydrogens (tertiary/aromatic N) is 1. The van der Waals surface area contributed by atoms with Gasteiger partial charge in [0.05, 0.1) is 19.0 Å².